The van der Waals surface area contributed by atoms with Crippen LogP contribution in [0.5, 0.6) is 0 Å². The summed E-state index contributed by atoms with van der Waals surface area (Å²) in [5.74, 6) is 0.107. The highest BCUT2D eigenvalue weighted by molar-refractivity contribution is 5.77. The maximum absolute atomic E-state index is 11.3. The summed E-state index contributed by atoms with van der Waals surface area (Å²) in [7, 11) is 1.69. The molecule has 1 aromatic rings. The van der Waals surface area contributed by atoms with Crippen molar-refractivity contribution in [3.8, 4) is 0 Å². The third-order valence-electron chi connectivity index (χ3n) is 3.67. The van der Waals surface area contributed by atoms with Crippen LogP contribution in [0.3, 0.4) is 0 Å². The van der Waals surface area contributed by atoms with Crippen molar-refractivity contribution in [3.63, 3.8) is 0 Å². The van der Waals surface area contributed by atoms with Crippen LogP contribution < -0.4 is 10.6 Å². The third kappa shape index (κ3) is 4.65. The zero-order valence-electron chi connectivity index (χ0n) is 11.6. The van der Waals surface area contributed by atoms with E-state index in [0.717, 1.165) is 32.5 Å². The van der Waals surface area contributed by atoms with Crippen molar-refractivity contribution in [1.82, 2.24) is 15.5 Å². The Balaban J connectivity index is 1.67. The highest BCUT2D eigenvalue weighted by atomic mass is 16.1. The Morgan fingerprint density at radius 3 is 2.58 bits per heavy atom. The molecule has 2 rings (SSSR count). The molecule has 0 saturated carbocycles. The maximum atomic E-state index is 11.3. The first-order valence-electron chi connectivity index (χ1n) is 6.98. The van der Waals surface area contributed by atoms with Crippen LogP contribution in [-0.2, 0) is 11.3 Å². The lowest BCUT2D eigenvalue weighted by molar-refractivity contribution is -0.122. The van der Waals surface area contributed by atoms with E-state index in [1.807, 2.05) is 6.07 Å². The van der Waals surface area contributed by atoms with Crippen molar-refractivity contribution >= 4 is 5.91 Å². The minimum absolute atomic E-state index is 0.107. The van der Waals surface area contributed by atoms with Gasteiger partial charge in [-0.1, -0.05) is 30.3 Å². The Kier molecular flexibility index (Phi) is 5.36. The molecule has 0 aliphatic carbocycles. The second kappa shape index (κ2) is 7.26. The number of amides is 1. The molecular weight excluding hydrogens is 238 g/mol. The van der Waals surface area contributed by atoms with Crippen LogP contribution in [0, 0.1) is 0 Å². The molecule has 0 radical (unpaired) electrons. The summed E-state index contributed by atoms with van der Waals surface area (Å²) in [6, 6.07) is 11.1. The van der Waals surface area contributed by atoms with Crippen LogP contribution in [-0.4, -0.2) is 43.5 Å². The summed E-state index contributed by atoms with van der Waals surface area (Å²) in [5.41, 5.74) is 1.33. The van der Waals surface area contributed by atoms with E-state index >= 15 is 0 Å². The Morgan fingerprint density at radius 2 is 1.95 bits per heavy atom. The molecule has 0 unspecified atom stereocenters. The minimum atomic E-state index is 0.107. The molecule has 1 saturated heterocycles. The van der Waals surface area contributed by atoms with Crippen LogP contribution in [0.15, 0.2) is 30.3 Å². The van der Waals surface area contributed by atoms with Crippen molar-refractivity contribution < 1.29 is 4.79 Å². The van der Waals surface area contributed by atoms with Gasteiger partial charge in [-0.05, 0) is 18.4 Å². The monoisotopic (exact) mass is 261 g/mol. The highest BCUT2D eigenvalue weighted by Gasteiger charge is 2.19. The molecule has 4 heteroatoms. The van der Waals surface area contributed by atoms with E-state index in [0.29, 0.717) is 12.6 Å². The molecule has 2 N–H and O–H groups in total. The summed E-state index contributed by atoms with van der Waals surface area (Å²) >= 11 is 0. The lowest BCUT2D eigenvalue weighted by atomic mass is 10.0. The standard InChI is InChI=1S/C15H23N3O/c1-16-15(19)12-18-9-7-14(8-10-18)17-11-13-5-3-2-4-6-13/h2-6,14,17H,7-12H2,1H3,(H,16,19). The first-order chi connectivity index (χ1) is 9.28. The van der Waals surface area contributed by atoms with Gasteiger partial charge in [0.1, 0.15) is 0 Å². The molecule has 104 valence electrons. The SMILES string of the molecule is CNC(=O)CN1CCC(NCc2ccccc2)CC1. The van der Waals surface area contributed by atoms with E-state index < -0.39 is 0 Å². The lowest BCUT2D eigenvalue weighted by Crippen LogP contribution is -2.45. The summed E-state index contributed by atoms with van der Waals surface area (Å²) in [5, 5.41) is 6.27. The first kappa shape index (κ1) is 14.0. The molecule has 1 aliphatic heterocycles. The van der Waals surface area contributed by atoms with Crippen LogP contribution in [0.2, 0.25) is 0 Å². The number of rotatable bonds is 5. The van der Waals surface area contributed by atoms with Crippen molar-refractivity contribution in [2.75, 3.05) is 26.7 Å². The summed E-state index contributed by atoms with van der Waals surface area (Å²) in [6.45, 7) is 3.46. The summed E-state index contributed by atoms with van der Waals surface area (Å²) < 4.78 is 0. The molecule has 1 amide bonds. The number of nitrogens with one attached hydrogen (secondary N) is 2. The molecule has 1 aliphatic rings. The molecule has 0 aromatic heterocycles. The largest absolute Gasteiger partial charge is 0.358 e. The fourth-order valence-corrected chi connectivity index (χ4v) is 2.44. The van der Waals surface area contributed by atoms with Gasteiger partial charge in [0, 0.05) is 32.7 Å². The zero-order valence-corrected chi connectivity index (χ0v) is 11.6. The topological polar surface area (TPSA) is 44.4 Å². The first-order valence-corrected chi connectivity index (χ1v) is 6.98. The van der Waals surface area contributed by atoms with Gasteiger partial charge in [-0.25, -0.2) is 0 Å². The molecule has 0 atom stereocenters. The number of likely N-dealkylation sites (N-methyl/N-ethyl adjacent to an activating group) is 1. The molecule has 1 fully saturated rings. The predicted octanol–water partition coefficient (Wildman–Crippen LogP) is 0.987. The average Bonchev–Trinajstić information content (AvgIpc) is 2.47. The van der Waals surface area contributed by atoms with Gasteiger partial charge in [0.25, 0.3) is 0 Å². The fourth-order valence-electron chi connectivity index (χ4n) is 2.44. The Hall–Kier alpha value is -1.39. The maximum Gasteiger partial charge on any atom is 0.233 e. The molecule has 1 aromatic carbocycles. The summed E-state index contributed by atoms with van der Waals surface area (Å²) in [4.78, 5) is 13.5. The Morgan fingerprint density at radius 1 is 1.26 bits per heavy atom. The second-order valence-corrected chi connectivity index (χ2v) is 5.09. The van der Waals surface area contributed by atoms with Gasteiger partial charge in [0.05, 0.1) is 6.54 Å². The van der Waals surface area contributed by atoms with Crippen LogP contribution in [0.25, 0.3) is 0 Å². The van der Waals surface area contributed by atoms with Crippen molar-refractivity contribution in [2.45, 2.75) is 25.4 Å². The smallest absolute Gasteiger partial charge is 0.233 e. The van der Waals surface area contributed by atoms with E-state index in [1.54, 1.807) is 7.05 Å². The number of benzene rings is 1. The van der Waals surface area contributed by atoms with Crippen LogP contribution >= 0.6 is 0 Å². The number of piperidine rings is 1. The van der Waals surface area contributed by atoms with Gasteiger partial charge in [0.15, 0.2) is 0 Å². The van der Waals surface area contributed by atoms with Gasteiger partial charge in [-0.15, -0.1) is 0 Å². The van der Waals surface area contributed by atoms with E-state index in [2.05, 4.69) is 39.8 Å². The van der Waals surface area contributed by atoms with Gasteiger partial charge in [-0.2, -0.15) is 0 Å². The molecular formula is C15H23N3O. The van der Waals surface area contributed by atoms with E-state index in [-0.39, 0.29) is 5.91 Å². The van der Waals surface area contributed by atoms with E-state index in [4.69, 9.17) is 0 Å². The van der Waals surface area contributed by atoms with Crippen molar-refractivity contribution in [2.24, 2.45) is 0 Å². The number of hydrogen-bond donors (Lipinski definition) is 2. The number of carbonyl (C=O) groups excluding carboxylic acids is 1. The summed E-state index contributed by atoms with van der Waals surface area (Å²) in [6.07, 6.45) is 2.23. The normalized spacial score (nSPS) is 17.3. The highest BCUT2D eigenvalue weighted by Crippen LogP contribution is 2.10. The van der Waals surface area contributed by atoms with Crippen LogP contribution in [0.1, 0.15) is 18.4 Å². The van der Waals surface area contributed by atoms with Crippen LogP contribution in [0.4, 0.5) is 0 Å². The van der Waals surface area contributed by atoms with Crippen molar-refractivity contribution in [1.29, 1.82) is 0 Å². The number of nitrogens with zero attached hydrogens (tertiary/aromatic N) is 1. The quantitative estimate of drug-likeness (QED) is 0.830. The average molecular weight is 261 g/mol. The zero-order chi connectivity index (χ0) is 13.5. The number of hydrogen-bond acceptors (Lipinski definition) is 3. The van der Waals surface area contributed by atoms with Gasteiger partial charge in [0.2, 0.25) is 5.91 Å². The van der Waals surface area contributed by atoms with E-state index in [1.165, 1.54) is 5.56 Å². The minimum Gasteiger partial charge on any atom is -0.358 e. The van der Waals surface area contributed by atoms with Crippen molar-refractivity contribution in [3.05, 3.63) is 35.9 Å². The fraction of sp³-hybridized carbons (Fsp3) is 0.533. The molecule has 0 spiro atoms. The second-order valence-electron chi connectivity index (χ2n) is 5.09. The molecule has 4 nitrogen and oxygen atoms in total. The predicted molar refractivity (Wildman–Crippen MR) is 76.8 cm³/mol. The Bertz CT molecular complexity index is 386. The number of carbonyl (C=O) groups is 1. The van der Waals surface area contributed by atoms with Gasteiger partial charge < -0.3 is 10.6 Å². The molecule has 1 heterocycles. The lowest BCUT2D eigenvalue weighted by Gasteiger charge is -2.31. The molecule has 19 heavy (non-hydrogen) atoms. The van der Waals surface area contributed by atoms with Gasteiger partial charge >= 0.3 is 0 Å². The van der Waals surface area contributed by atoms with Gasteiger partial charge in [-0.3, -0.25) is 9.69 Å². The molecule has 0 bridgehead atoms. The van der Waals surface area contributed by atoms with E-state index in [9.17, 15) is 4.79 Å². The Labute approximate surface area is 115 Å². The number of likely N-dealkylation sites (tertiary alicyclic amines) is 1. The third-order valence-corrected chi connectivity index (χ3v) is 3.67.